The zero-order chi connectivity index (χ0) is 44.7. The van der Waals surface area contributed by atoms with Crippen molar-refractivity contribution in [3.05, 3.63) is 218 Å². The number of anilines is 6. The van der Waals surface area contributed by atoms with Crippen molar-refractivity contribution >= 4 is 112 Å². The summed E-state index contributed by atoms with van der Waals surface area (Å²) in [6.45, 7) is 0. The Balaban J connectivity index is 0.968. The predicted molar refractivity (Wildman–Crippen MR) is 274 cm³/mol. The van der Waals surface area contributed by atoms with Crippen LogP contribution in [0.25, 0.3) is 99.1 Å². The lowest BCUT2D eigenvalue weighted by Gasteiger charge is -2.23. The fourth-order valence-corrected chi connectivity index (χ4v) is 9.96. The van der Waals surface area contributed by atoms with E-state index < -0.39 is 0 Å². The number of aromatic nitrogens is 2. The van der Waals surface area contributed by atoms with Crippen LogP contribution in [-0.2, 0) is 0 Å². The number of oxazole rings is 2. The second kappa shape index (κ2) is 15.1. The van der Waals surface area contributed by atoms with E-state index in [-0.39, 0.29) is 0 Å². The molecule has 0 aliphatic rings. The van der Waals surface area contributed by atoms with Gasteiger partial charge in [0.1, 0.15) is 33.4 Å². The van der Waals surface area contributed by atoms with Crippen LogP contribution in [0.3, 0.4) is 0 Å². The van der Waals surface area contributed by atoms with Crippen molar-refractivity contribution in [2.75, 3.05) is 9.80 Å². The molecule has 14 rings (SSSR count). The van der Waals surface area contributed by atoms with E-state index in [1.807, 2.05) is 103 Å². The van der Waals surface area contributed by atoms with E-state index >= 15 is 0 Å². The second-order valence-corrected chi connectivity index (χ2v) is 16.9. The summed E-state index contributed by atoms with van der Waals surface area (Å²) in [5, 5.41) is 6.07. The highest BCUT2D eigenvalue weighted by Gasteiger charge is 2.27. The van der Waals surface area contributed by atoms with Crippen LogP contribution in [0.5, 0.6) is 0 Å². The summed E-state index contributed by atoms with van der Waals surface area (Å²) in [5.74, 6) is 0. The summed E-state index contributed by atoms with van der Waals surface area (Å²) in [6, 6.07) is 75.3. The molecule has 0 N–H and O–H groups in total. The van der Waals surface area contributed by atoms with E-state index in [1.165, 1.54) is 0 Å². The lowest BCUT2D eigenvalue weighted by atomic mass is 9.94. The normalized spacial score (nSPS) is 11.8. The van der Waals surface area contributed by atoms with Crippen molar-refractivity contribution in [3.8, 4) is 22.3 Å². The maximum atomic E-state index is 6.99. The van der Waals surface area contributed by atoms with Crippen molar-refractivity contribution in [1.29, 1.82) is 0 Å². The maximum absolute atomic E-state index is 6.99. The third kappa shape index (κ3) is 5.94. The van der Waals surface area contributed by atoms with Gasteiger partial charge < -0.3 is 17.7 Å². The Bertz CT molecular complexity index is 4180. The lowest BCUT2D eigenvalue weighted by molar-refractivity contribution is 0.608. The van der Waals surface area contributed by atoms with E-state index in [2.05, 4.69) is 125 Å². The second-order valence-electron chi connectivity index (χ2n) is 16.9. The van der Waals surface area contributed by atoms with E-state index in [1.54, 1.807) is 0 Å². The first kappa shape index (κ1) is 37.9. The summed E-state index contributed by atoms with van der Waals surface area (Å²) in [4.78, 5) is 14.2. The number of fused-ring (bicyclic) bond motifs is 9. The van der Waals surface area contributed by atoms with Gasteiger partial charge in [0.15, 0.2) is 11.2 Å². The van der Waals surface area contributed by atoms with Gasteiger partial charge in [-0.3, -0.25) is 9.80 Å². The molecule has 0 fully saturated rings. The van der Waals surface area contributed by atoms with Crippen molar-refractivity contribution in [2.45, 2.75) is 0 Å². The quantitative estimate of drug-likeness (QED) is 0.149. The minimum Gasteiger partial charge on any atom is -0.456 e. The van der Waals surface area contributed by atoms with Crippen LogP contribution in [0.2, 0.25) is 0 Å². The highest BCUT2D eigenvalue weighted by Crippen LogP contribution is 2.49. The molecule has 0 spiro atoms. The Kier molecular flexibility index (Phi) is 8.41. The van der Waals surface area contributed by atoms with Gasteiger partial charge in [0, 0.05) is 27.1 Å². The molecule has 4 heterocycles. The number of nitrogens with zero attached hydrogens (tertiary/aromatic N) is 4. The molecule has 4 aromatic heterocycles. The standard InChI is InChI=1S/C60H36N4O4/c1-3-17-38(18-4-1)63(59-61-47-28-8-11-32-52(47)67-59)49-30-15-24-41-42(23-13-25-43(41)49)44-26-14-27-46-56-40(22-16-34-54(56)66-58(44)46)37-35-50(57-45-21-7-10-31-51(45)65-55(57)36-37)64(39-19-5-2-6-20-39)60-62-48-29-9-12-33-53(48)68-60/h1-36H. The number of hydrogen-bond acceptors (Lipinski definition) is 8. The number of para-hydroxylation sites is 8. The average Bonchev–Trinajstić information content (AvgIpc) is 4.20. The van der Waals surface area contributed by atoms with Crippen molar-refractivity contribution < 1.29 is 17.7 Å². The molecule has 0 saturated carbocycles. The first-order chi connectivity index (χ1) is 33.7. The zero-order valence-corrected chi connectivity index (χ0v) is 36.2. The molecule has 0 unspecified atom stereocenters. The van der Waals surface area contributed by atoms with Crippen molar-refractivity contribution in [1.82, 2.24) is 9.97 Å². The van der Waals surface area contributed by atoms with Gasteiger partial charge in [0.05, 0.1) is 28.1 Å². The van der Waals surface area contributed by atoms with Crippen LogP contribution >= 0.6 is 0 Å². The van der Waals surface area contributed by atoms with Gasteiger partial charge in [0.2, 0.25) is 0 Å². The van der Waals surface area contributed by atoms with Crippen LogP contribution in [0.4, 0.5) is 34.8 Å². The largest absolute Gasteiger partial charge is 0.456 e. The molecule has 14 aromatic rings. The average molecular weight is 877 g/mol. The van der Waals surface area contributed by atoms with Gasteiger partial charge in [-0.1, -0.05) is 140 Å². The number of furan rings is 2. The molecule has 0 bridgehead atoms. The van der Waals surface area contributed by atoms with E-state index in [9.17, 15) is 0 Å². The van der Waals surface area contributed by atoms with Gasteiger partial charge in [-0.05, 0) is 101 Å². The minimum absolute atomic E-state index is 0.455. The molecule has 320 valence electrons. The Labute approximate surface area is 388 Å². The lowest BCUT2D eigenvalue weighted by Crippen LogP contribution is -2.10. The summed E-state index contributed by atoms with van der Waals surface area (Å²) >= 11 is 0. The van der Waals surface area contributed by atoms with Crippen LogP contribution in [0, 0.1) is 0 Å². The molecule has 0 amide bonds. The molecule has 0 atom stereocenters. The highest BCUT2D eigenvalue weighted by atomic mass is 16.4. The number of benzene rings is 10. The third-order valence-corrected chi connectivity index (χ3v) is 12.9. The predicted octanol–water partition coefficient (Wildman–Crippen LogP) is 17.2. The van der Waals surface area contributed by atoms with Gasteiger partial charge in [-0.15, -0.1) is 0 Å². The SMILES string of the molecule is c1ccc(N(c2nc3ccccc3o2)c2cccc3c(-c4cccc5c4oc4cccc(-c6cc(N(c7ccccc7)c7nc8ccccc8o7)c7c(c6)oc6ccccc67)c45)cccc23)cc1. The molecule has 0 aliphatic heterocycles. The zero-order valence-electron chi connectivity index (χ0n) is 36.2. The Morgan fingerprint density at radius 1 is 0.309 bits per heavy atom. The van der Waals surface area contributed by atoms with E-state index in [0.29, 0.717) is 17.6 Å². The Hall–Kier alpha value is -9.40. The van der Waals surface area contributed by atoms with Crippen LogP contribution in [-0.4, -0.2) is 9.97 Å². The molecule has 8 nitrogen and oxygen atoms in total. The summed E-state index contributed by atoms with van der Waals surface area (Å²) in [5.41, 5.74) is 13.8. The van der Waals surface area contributed by atoms with Gasteiger partial charge in [-0.2, -0.15) is 9.97 Å². The van der Waals surface area contributed by atoms with Gasteiger partial charge >= 0.3 is 12.0 Å². The molecule has 0 radical (unpaired) electrons. The number of hydrogen-bond donors (Lipinski definition) is 0. The highest BCUT2D eigenvalue weighted by molar-refractivity contribution is 6.20. The molecule has 8 heteroatoms. The van der Waals surface area contributed by atoms with Gasteiger partial charge in [0.25, 0.3) is 0 Å². The fourth-order valence-electron chi connectivity index (χ4n) is 9.96. The topological polar surface area (TPSA) is 84.8 Å². The minimum atomic E-state index is 0.455. The summed E-state index contributed by atoms with van der Waals surface area (Å²) in [6.07, 6.45) is 0. The van der Waals surface area contributed by atoms with Crippen LogP contribution in [0.1, 0.15) is 0 Å². The number of rotatable bonds is 8. The fraction of sp³-hybridized carbons (Fsp3) is 0. The maximum Gasteiger partial charge on any atom is 0.307 e. The molecule has 0 aliphatic carbocycles. The first-order valence-corrected chi connectivity index (χ1v) is 22.6. The molecule has 68 heavy (non-hydrogen) atoms. The monoisotopic (exact) mass is 876 g/mol. The molecule has 10 aromatic carbocycles. The Morgan fingerprint density at radius 2 is 0.838 bits per heavy atom. The van der Waals surface area contributed by atoms with Gasteiger partial charge in [-0.25, -0.2) is 0 Å². The van der Waals surface area contributed by atoms with E-state index in [0.717, 1.165) is 116 Å². The smallest absolute Gasteiger partial charge is 0.307 e. The molecular weight excluding hydrogens is 841 g/mol. The van der Waals surface area contributed by atoms with E-state index in [4.69, 9.17) is 27.6 Å². The molecule has 0 saturated heterocycles. The summed E-state index contributed by atoms with van der Waals surface area (Å²) in [7, 11) is 0. The van der Waals surface area contributed by atoms with Crippen LogP contribution in [0.15, 0.2) is 236 Å². The third-order valence-electron chi connectivity index (χ3n) is 12.9. The summed E-state index contributed by atoms with van der Waals surface area (Å²) < 4.78 is 26.7. The van der Waals surface area contributed by atoms with Crippen molar-refractivity contribution in [2.24, 2.45) is 0 Å². The van der Waals surface area contributed by atoms with Crippen molar-refractivity contribution in [3.63, 3.8) is 0 Å². The van der Waals surface area contributed by atoms with Crippen LogP contribution < -0.4 is 9.80 Å². The first-order valence-electron chi connectivity index (χ1n) is 22.6. The Morgan fingerprint density at radius 3 is 1.54 bits per heavy atom. The molecular formula is C60H36N4O4.